The van der Waals surface area contributed by atoms with Crippen molar-refractivity contribution < 1.29 is 9.53 Å². The second-order valence-corrected chi connectivity index (χ2v) is 6.91. The molecule has 4 nitrogen and oxygen atoms in total. The number of hydrogen-bond acceptors (Lipinski definition) is 3. The predicted octanol–water partition coefficient (Wildman–Crippen LogP) is 3.85. The minimum atomic E-state index is 0. The first-order chi connectivity index (χ1) is 11.7. The highest BCUT2D eigenvalue weighted by Crippen LogP contribution is 2.28. The molecular formula is C19H20Cl2N2O2. The van der Waals surface area contributed by atoms with Crippen LogP contribution in [0.5, 0.6) is 11.5 Å². The molecule has 2 aromatic carbocycles. The number of ether oxygens (including phenoxy) is 1. The zero-order valence-electron chi connectivity index (χ0n) is 13.7. The molecule has 2 aromatic rings. The Hall–Kier alpha value is -1.75. The van der Waals surface area contributed by atoms with Gasteiger partial charge in [0.05, 0.1) is 0 Å². The van der Waals surface area contributed by atoms with E-state index in [1.54, 1.807) is 12.1 Å². The molecule has 2 aliphatic rings. The van der Waals surface area contributed by atoms with E-state index >= 15 is 0 Å². The van der Waals surface area contributed by atoms with Gasteiger partial charge in [-0.15, -0.1) is 12.4 Å². The van der Waals surface area contributed by atoms with Crippen molar-refractivity contribution in [1.29, 1.82) is 0 Å². The molecule has 132 valence electrons. The molecule has 2 saturated heterocycles. The average Bonchev–Trinajstić information content (AvgIpc) is 3.16. The number of carbonyl (C=O) groups is 1. The van der Waals surface area contributed by atoms with Gasteiger partial charge in [-0.2, -0.15) is 0 Å². The number of rotatable bonds is 3. The molecule has 2 atom stereocenters. The van der Waals surface area contributed by atoms with Gasteiger partial charge in [0.25, 0.3) is 5.91 Å². The number of carbonyl (C=O) groups excluding carboxylic acids is 1. The fourth-order valence-electron chi connectivity index (χ4n) is 3.54. The Morgan fingerprint density at radius 3 is 2.36 bits per heavy atom. The van der Waals surface area contributed by atoms with Crippen molar-refractivity contribution in [1.82, 2.24) is 10.2 Å². The Morgan fingerprint density at radius 1 is 1.04 bits per heavy atom. The summed E-state index contributed by atoms with van der Waals surface area (Å²) >= 11 is 5.96. The average molecular weight is 379 g/mol. The van der Waals surface area contributed by atoms with Crippen molar-refractivity contribution in [2.24, 2.45) is 11.8 Å². The molecule has 2 aliphatic heterocycles. The first kappa shape index (κ1) is 18.1. The van der Waals surface area contributed by atoms with Crippen LogP contribution in [-0.4, -0.2) is 37.0 Å². The Bertz CT molecular complexity index is 739. The largest absolute Gasteiger partial charge is 0.457 e. The molecule has 0 unspecified atom stereocenters. The van der Waals surface area contributed by atoms with Crippen LogP contribution in [0.3, 0.4) is 0 Å². The molecule has 0 spiro atoms. The van der Waals surface area contributed by atoms with Gasteiger partial charge in [0, 0.05) is 36.8 Å². The van der Waals surface area contributed by atoms with Crippen LogP contribution in [0.1, 0.15) is 10.4 Å². The quantitative estimate of drug-likeness (QED) is 0.881. The normalized spacial score (nSPS) is 21.6. The molecule has 25 heavy (non-hydrogen) atoms. The first-order valence-corrected chi connectivity index (χ1v) is 8.60. The molecule has 0 aliphatic carbocycles. The number of fused-ring (bicyclic) bond motifs is 1. The van der Waals surface area contributed by atoms with E-state index in [2.05, 4.69) is 5.32 Å². The van der Waals surface area contributed by atoms with Crippen LogP contribution in [0, 0.1) is 11.8 Å². The molecule has 2 fully saturated rings. The number of hydrogen-bond donors (Lipinski definition) is 1. The molecule has 6 heteroatoms. The van der Waals surface area contributed by atoms with Crippen molar-refractivity contribution in [3.05, 3.63) is 59.1 Å². The summed E-state index contributed by atoms with van der Waals surface area (Å²) in [5.74, 6) is 2.70. The second kappa shape index (κ2) is 7.65. The van der Waals surface area contributed by atoms with E-state index in [-0.39, 0.29) is 18.3 Å². The second-order valence-electron chi connectivity index (χ2n) is 6.47. The van der Waals surface area contributed by atoms with Crippen LogP contribution in [0.2, 0.25) is 5.02 Å². The van der Waals surface area contributed by atoms with Gasteiger partial charge in [-0.1, -0.05) is 17.7 Å². The molecule has 2 heterocycles. The lowest BCUT2D eigenvalue weighted by molar-refractivity contribution is 0.0781. The van der Waals surface area contributed by atoms with E-state index in [9.17, 15) is 4.79 Å². The van der Waals surface area contributed by atoms with Crippen molar-refractivity contribution in [2.45, 2.75) is 0 Å². The van der Waals surface area contributed by atoms with Gasteiger partial charge in [0.2, 0.25) is 0 Å². The van der Waals surface area contributed by atoms with Gasteiger partial charge in [0.15, 0.2) is 0 Å². The summed E-state index contributed by atoms with van der Waals surface area (Å²) < 4.78 is 5.76. The fraction of sp³-hybridized carbons (Fsp3) is 0.316. The third-order valence-electron chi connectivity index (χ3n) is 4.81. The number of likely N-dealkylation sites (tertiary alicyclic amines) is 1. The van der Waals surface area contributed by atoms with E-state index < -0.39 is 0 Å². The number of amides is 1. The van der Waals surface area contributed by atoms with Crippen LogP contribution in [0.25, 0.3) is 0 Å². The topological polar surface area (TPSA) is 41.6 Å². The molecular weight excluding hydrogens is 359 g/mol. The SMILES string of the molecule is Cl.O=C(c1ccc(Oc2cccc(Cl)c2)cc1)N1C[C@H]2CNC[C@H]2C1. The summed E-state index contributed by atoms with van der Waals surface area (Å²) in [6, 6.07) is 14.6. The monoisotopic (exact) mass is 378 g/mol. The standard InChI is InChI=1S/C19H19ClN2O2.ClH/c20-16-2-1-3-18(8-16)24-17-6-4-13(5-7-17)19(23)22-11-14-9-21-10-15(14)12-22;/h1-8,14-15,21H,9-12H2;1H/t14-,15+;. The lowest BCUT2D eigenvalue weighted by Crippen LogP contribution is -2.31. The maximum absolute atomic E-state index is 12.6. The van der Waals surface area contributed by atoms with Gasteiger partial charge in [-0.3, -0.25) is 4.79 Å². The van der Waals surface area contributed by atoms with Gasteiger partial charge in [-0.25, -0.2) is 0 Å². The van der Waals surface area contributed by atoms with Gasteiger partial charge in [-0.05, 0) is 54.3 Å². The highest BCUT2D eigenvalue weighted by Gasteiger charge is 2.38. The van der Waals surface area contributed by atoms with E-state index in [0.717, 1.165) is 26.2 Å². The summed E-state index contributed by atoms with van der Waals surface area (Å²) in [5.41, 5.74) is 0.710. The van der Waals surface area contributed by atoms with Gasteiger partial charge >= 0.3 is 0 Å². The van der Waals surface area contributed by atoms with Crippen LogP contribution < -0.4 is 10.1 Å². The number of halogens is 2. The molecule has 0 saturated carbocycles. The minimum Gasteiger partial charge on any atom is -0.457 e. The molecule has 1 amide bonds. The Labute approximate surface area is 158 Å². The Kier molecular flexibility index (Phi) is 5.52. The molecule has 0 bridgehead atoms. The summed E-state index contributed by atoms with van der Waals surface area (Å²) in [5, 5.41) is 4.03. The lowest BCUT2D eigenvalue weighted by atomic mass is 10.0. The van der Waals surface area contributed by atoms with E-state index in [1.807, 2.05) is 41.3 Å². The predicted molar refractivity (Wildman–Crippen MR) is 101 cm³/mol. The molecule has 0 aromatic heterocycles. The zero-order chi connectivity index (χ0) is 16.5. The van der Waals surface area contributed by atoms with Crippen molar-refractivity contribution in [3.63, 3.8) is 0 Å². The summed E-state index contributed by atoms with van der Waals surface area (Å²) in [6.07, 6.45) is 0. The Morgan fingerprint density at radius 2 is 1.72 bits per heavy atom. The maximum Gasteiger partial charge on any atom is 0.253 e. The molecule has 1 N–H and O–H groups in total. The summed E-state index contributed by atoms with van der Waals surface area (Å²) in [4.78, 5) is 14.6. The summed E-state index contributed by atoms with van der Waals surface area (Å²) in [6.45, 7) is 3.77. The Balaban J connectivity index is 0.00000182. The van der Waals surface area contributed by atoms with Crippen LogP contribution in [-0.2, 0) is 0 Å². The highest BCUT2D eigenvalue weighted by molar-refractivity contribution is 6.30. The van der Waals surface area contributed by atoms with E-state index in [0.29, 0.717) is 33.9 Å². The number of benzene rings is 2. The zero-order valence-corrected chi connectivity index (χ0v) is 15.2. The third-order valence-corrected chi connectivity index (χ3v) is 5.04. The van der Waals surface area contributed by atoms with E-state index in [1.165, 1.54) is 0 Å². The lowest BCUT2D eigenvalue weighted by Gasteiger charge is -2.17. The van der Waals surface area contributed by atoms with Crippen LogP contribution in [0.15, 0.2) is 48.5 Å². The van der Waals surface area contributed by atoms with Crippen LogP contribution >= 0.6 is 24.0 Å². The van der Waals surface area contributed by atoms with Crippen molar-refractivity contribution >= 4 is 29.9 Å². The van der Waals surface area contributed by atoms with Crippen molar-refractivity contribution in [3.8, 4) is 11.5 Å². The van der Waals surface area contributed by atoms with Crippen molar-refractivity contribution in [2.75, 3.05) is 26.2 Å². The van der Waals surface area contributed by atoms with E-state index in [4.69, 9.17) is 16.3 Å². The maximum atomic E-state index is 12.6. The van der Waals surface area contributed by atoms with Gasteiger partial charge < -0.3 is 15.0 Å². The smallest absolute Gasteiger partial charge is 0.253 e. The highest BCUT2D eigenvalue weighted by atomic mass is 35.5. The summed E-state index contributed by atoms with van der Waals surface area (Å²) in [7, 11) is 0. The number of nitrogens with one attached hydrogen (secondary N) is 1. The fourth-order valence-corrected chi connectivity index (χ4v) is 3.72. The molecule has 4 rings (SSSR count). The number of nitrogens with zero attached hydrogens (tertiary/aromatic N) is 1. The first-order valence-electron chi connectivity index (χ1n) is 8.22. The van der Waals surface area contributed by atoms with Gasteiger partial charge in [0.1, 0.15) is 11.5 Å². The molecule has 0 radical (unpaired) electrons. The minimum absolute atomic E-state index is 0. The van der Waals surface area contributed by atoms with Crippen LogP contribution in [0.4, 0.5) is 0 Å². The third kappa shape index (κ3) is 3.92.